The number of fused-ring (bicyclic) bond motifs is 1. The normalized spacial score (nSPS) is 15.8. The van der Waals surface area contributed by atoms with Gasteiger partial charge in [0.15, 0.2) is 6.61 Å². The van der Waals surface area contributed by atoms with Crippen molar-refractivity contribution in [1.29, 1.82) is 0 Å². The highest BCUT2D eigenvalue weighted by Crippen LogP contribution is 2.44. The Balaban J connectivity index is 1.79. The van der Waals surface area contributed by atoms with Gasteiger partial charge in [-0.2, -0.15) is 0 Å². The number of ether oxygens (including phenoxy) is 2. The minimum atomic E-state index is -0.365. The van der Waals surface area contributed by atoms with Gasteiger partial charge in [0.1, 0.15) is 10.8 Å². The first-order chi connectivity index (χ1) is 15.5. The van der Waals surface area contributed by atoms with Crippen LogP contribution in [0.15, 0.2) is 22.7 Å². The molecule has 5 nitrogen and oxygen atoms in total. The summed E-state index contributed by atoms with van der Waals surface area (Å²) in [5.41, 5.74) is 2.78. The molecular weight excluding hydrogens is 502 g/mol. The van der Waals surface area contributed by atoms with Gasteiger partial charge in [0, 0.05) is 9.35 Å². The largest absolute Gasteiger partial charge is 0.483 e. The van der Waals surface area contributed by atoms with Gasteiger partial charge in [-0.3, -0.25) is 4.79 Å². The second kappa shape index (κ2) is 10.6. The zero-order valence-electron chi connectivity index (χ0n) is 20.3. The van der Waals surface area contributed by atoms with Gasteiger partial charge in [-0.05, 0) is 72.8 Å². The lowest BCUT2D eigenvalue weighted by Crippen LogP contribution is -2.26. The van der Waals surface area contributed by atoms with Gasteiger partial charge in [-0.25, -0.2) is 4.79 Å². The fraction of sp³-hybridized carbons (Fsp3) is 0.538. The van der Waals surface area contributed by atoms with E-state index >= 15 is 0 Å². The Labute approximate surface area is 209 Å². The van der Waals surface area contributed by atoms with E-state index < -0.39 is 0 Å². The smallest absolute Gasteiger partial charge is 0.341 e. The SMILES string of the molecule is CCOC(=O)c1c(NC(=O)COc2ccc(Br)cc2C(C)C)sc2c1CCC(C(C)(C)C)C2. The molecule has 0 radical (unpaired) electrons. The van der Waals surface area contributed by atoms with Gasteiger partial charge in [-0.1, -0.05) is 50.5 Å². The van der Waals surface area contributed by atoms with Crippen molar-refractivity contribution >= 4 is 44.1 Å². The zero-order valence-corrected chi connectivity index (χ0v) is 22.7. The average Bonchev–Trinajstić information content (AvgIpc) is 3.09. The molecule has 180 valence electrons. The zero-order chi connectivity index (χ0) is 24.3. The standard InChI is InChI=1S/C26H34BrNO4S/c1-7-31-25(30)23-18-10-8-16(26(4,5)6)12-21(18)33-24(23)28-22(29)14-32-20-11-9-17(27)13-19(20)15(2)3/h9,11,13,15-16H,7-8,10,12,14H2,1-6H3,(H,28,29). The molecule has 1 atom stereocenters. The van der Waals surface area contributed by atoms with Crippen LogP contribution in [-0.4, -0.2) is 25.1 Å². The van der Waals surface area contributed by atoms with Crippen LogP contribution in [0.1, 0.15) is 80.2 Å². The van der Waals surface area contributed by atoms with Crippen LogP contribution in [0.4, 0.5) is 5.00 Å². The number of hydrogen-bond acceptors (Lipinski definition) is 5. The van der Waals surface area contributed by atoms with E-state index in [1.165, 1.54) is 16.2 Å². The lowest BCUT2D eigenvalue weighted by atomic mass is 9.72. The summed E-state index contributed by atoms with van der Waals surface area (Å²) in [4.78, 5) is 26.8. The topological polar surface area (TPSA) is 64.6 Å². The predicted octanol–water partition coefficient (Wildman–Crippen LogP) is 6.98. The summed E-state index contributed by atoms with van der Waals surface area (Å²) in [6.45, 7) is 12.9. The lowest BCUT2D eigenvalue weighted by Gasteiger charge is -2.33. The Kier molecular flexibility index (Phi) is 8.27. The van der Waals surface area contributed by atoms with Crippen LogP contribution in [0.3, 0.4) is 0 Å². The van der Waals surface area contributed by atoms with Gasteiger partial charge in [0.05, 0.1) is 12.2 Å². The molecule has 2 aromatic rings. The van der Waals surface area contributed by atoms with Crippen molar-refractivity contribution in [2.24, 2.45) is 11.3 Å². The van der Waals surface area contributed by atoms with Crippen molar-refractivity contribution in [2.45, 2.75) is 66.7 Å². The highest BCUT2D eigenvalue weighted by molar-refractivity contribution is 9.10. The summed E-state index contributed by atoms with van der Waals surface area (Å²) >= 11 is 4.99. The minimum absolute atomic E-state index is 0.128. The average molecular weight is 537 g/mol. The van der Waals surface area contributed by atoms with E-state index in [1.54, 1.807) is 6.92 Å². The molecule has 1 amide bonds. The van der Waals surface area contributed by atoms with Crippen LogP contribution in [0.25, 0.3) is 0 Å². The van der Waals surface area contributed by atoms with Gasteiger partial charge >= 0.3 is 5.97 Å². The quantitative estimate of drug-likeness (QED) is 0.388. The van der Waals surface area contributed by atoms with Crippen molar-refractivity contribution < 1.29 is 19.1 Å². The van der Waals surface area contributed by atoms with Crippen LogP contribution in [0.2, 0.25) is 0 Å². The number of carbonyl (C=O) groups is 2. The Hall–Kier alpha value is -1.86. The van der Waals surface area contributed by atoms with Crippen LogP contribution < -0.4 is 10.1 Å². The van der Waals surface area contributed by atoms with E-state index in [0.717, 1.165) is 34.9 Å². The van der Waals surface area contributed by atoms with Crippen LogP contribution in [0, 0.1) is 11.3 Å². The maximum Gasteiger partial charge on any atom is 0.341 e. The monoisotopic (exact) mass is 535 g/mol. The molecule has 1 N–H and O–H groups in total. The molecule has 1 aromatic heterocycles. The number of anilines is 1. The highest BCUT2D eigenvalue weighted by atomic mass is 79.9. The fourth-order valence-corrected chi connectivity index (χ4v) is 5.95. The number of halogens is 1. The number of benzene rings is 1. The molecule has 1 heterocycles. The summed E-state index contributed by atoms with van der Waals surface area (Å²) in [6.07, 6.45) is 2.77. The fourth-order valence-electron chi connectivity index (χ4n) is 4.24. The molecule has 0 spiro atoms. The number of carbonyl (C=O) groups excluding carboxylic acids is 2. The Bertz CT molecular complexity index is 1020. The number of nitrogens with one attached hydrogen (secondary N) is 1. The number of thiophene rings is 1. The molecule has 1 aliphatic carbocycles. The van der Waals surface area contributed by atoms with Gasteiger partial charge < -0.3 is 14.8 Å². The highest BCUT2D eigenvalue weighted by Gasteiger charge is 2.34. The molecule has 1 unspecified atom stereocenters. The van der Waals surface area contributed by atoms with E-state index in [1.807, 2.05) is 18.2 Å². The summed E-state index contributed by atoms with van der Waals surface area (Å²) in [5.74, 6) is 0.834. The van der Waals surface area contributed by atoms with Crippen molar-refractivity contribution in [3.8, 4) is 5.75 Å². The number of amides is 1. The summed E-state index contributed by atoms with van der Waals surface area (Å²) in [6, 6.07) is 5.78. The lowest BCUT2D eigenvalue weighted by molar-refractivity contribution is -0.118. The molecule has 3 rings (SSSR count). The third-order valence-electron chi connectivity index (χ3n) is 6.18. The maximum absolute atomic E-state index is 12.8. The molecule has 0 aliphatic heterocycles. The van der Waals surface area contributed by atoms with E-state index in [2.05, 4.69) is 55.9 Å². The first-order valence-electron chi connectivity index (χ1n) is 11.5. The molecule has 0 saturated carbocycles. The van der Waals surface area contributed by atoms with Crippen molar-refractivity contribution in [1.82, 2.24) is 0 Å². The van der Waals surface area contributed by atoms with Crippen LogP contribution >= 0.6 is 27.3 Å². The number of rotatable bonds is 7. The molecule has 0 bridgehead atoms. The second-order valence-corrected chi connectivity index (χ2v) is 11.9. The summed E-state index contributed by atoms with van der Waals surface area (Å²) in [7, 11) is 0. The van der Waals surface area contributed by atoms with Crippen molar-refractivity contribution in [3.05, 3.63) is 44.2 Å². The van der Waals surface area contributed by atoms with E-state index in [4.69, 9.17) is 9.47 Å². The molecule has 0 fully saturated rings. The number of esters is 1. The summed E-state index contributed by atoms with van der Waals surface area (Å²) in [5, 5.41) is 3.51. The van der Waals surface area contributed by atoms with Crippen molar-refractivity contribution in [2.75, 3.05) is 18.5 Å². The van der Waals surface area contributed by atoms with Crippen LogP contribution in [0.5, 0.6) is 5.75 Å². The van der Waals surface area contributed by atoms with Crippen LogP contribution in [-0.2, 0) is 22.4 Å². The van der Waals surface area contributed by atoms with Crippen molar-refractivity contribution in [3.63, 3.8) is 0 Å². The molecule has 7 heteroatoms. The summed E-state index contributed by atoms with van der Waals surface area (Å²) < 4.78 is 12.2. The predicted molar refractivity (Wildman–Crippen MR) is 138 cm³/mol. The van der Waals surface area contributed by atoms with Gasteiger partial charge in [0.25, 0.3) is 5.91 Å². The molecular formula is C26H34BrNO4S. The molecule has 0 saturated heterocycles. The Morgan fingerprint density at radius 1 is 1.27 bits per heavy atom. The Morgan fingerprint density at radius 3 is 2.64 bits per heavy atom. The third kappa shape index (κ3) is 6.18. The molecule has 1 aliphatic rings. The minimum Gasteiger partial charge on any atom is -0.483 e. The second-order valence-electron chi connectivity index (χ2n) is 9.91. The molecule has 1 aromatic carbocycles. The van der Waals surface area contributed by atoms with Gasteiger partial charge in [-0.15, -0.1) is 11.3 Å². The first-order valence-corrected chi connectivity index (χ1v) is 13.2. The van der Waals surface area contributed by atoms with E-state index in [9.17, 15) is 9.59 Å². The van der Waals surface area contributed by atoms with E-state index in [0.29, 0.717) is 28.8 Å². The number of hydrogen-bond donors (Lipinski definition) is 1. The van der Waals surface area contributed by atoms with Gasteiger partial charge in [0.2, 0.25) is 0 Å². The van der Waals surface area contributed by atoms with E-state index in [-0.39, 0.29) is 29.8 Å². The maximum atomic E-state index is 12.8. The Morgan fingerprint density at radius 2 is 2.00 bits per heavy atom. The molecule has 33 heavy (non-hydrogen) atoms. The first kappa shape index (κ1) is 25.8. The third-order valence-corrected chi connectivity index (χ3v) is 7.84.